The van der Waals surface area contributed by atoms with E-state index in [4.69, 9.17) is 0 Å². The average molecular weight is 344 g/mol. The standard InChI is InChI=1S/C16H22F2N2O2S/c1-2-12-10-19-9-3-4-14(19)11-20(12)13-5-7-15(8-6-13)23(21,22)16(17)18/h5-8,12,14,16H,2-4,9-11H2,1H3. The monoisotopic (exact) mass is 344 g/mol. The number of benzene rings is 1. The van der Waals surface area contributed by atoms with Gasteiger partial charge >= 0.3 is 5.76 Å². The number of hydrogen-bond donors (Lipinski definition) is 0. The lowest BCUT2D eigenvalue weighted by atomic mass is 10.0. The van der Waals surface area contributed by atoms with Crippen molar-refractivity contribution in [1.82, 2.24) is 4.90 Å². The lowest BCUT2D eigenvalue weighted by Gasteiger charge is -2.45. The fourth-order valence-corrected chi connectivity index (χ4v) is 4.40. The van der Waals surface area contributed by atoms with Crippen LogP contribution in [0, 0.1) is 0 Å². The summed E-state index contributed by atoms with van der Waals surface area (Å²) in [6, 6.07) is 6.82. The van der Waals surface area contributed by atoms with Crippen molar-refractivity contribution in [1.29, 1.82) is 0 Å². The normalized spacial score (nSPS) is 25.8. The zero-order valence-electron chi connectivity index (χ0n) is 13.2. The smallest absolute Gasteiger partial charge is 0.341 e. The number of anilines is 1. The molecule has 2 atom stereocenters. The first kappa shape index (κ1) is 16.6. The van der Waals surface area contributed by atoms with Crippen LogP contribution in [-0.4, -0.2) is 50.8 Å². The molecule has 2 aliphatic rings. The van der Waals surface area contributed by atoms with E-state index in [-0.39, 0.29) is 4.90 Å². The molecule has 0 N–H and O–H groups in total. The highest BCUT2D eigenvalue weighted by Crippen LogP contribution is 2.31. The van der Waals surface area contributed by atoms with Crippen LogP contribution in [0.25, 0.3) is 0 Å². The Morgan fingerprint density at radius 1 is 1.22 bits per heavy atom. The minimum atomic E-state index is -4.52. The van der Waals surface area contributed by atoms with E-state index in [0.29, 0.717) is 12.1 Å². The van der Waals surface area contributed by atoms with E-state index in [1.165, 1.54) is 25.0 Å². The highest BCUT2D eigenvalue weighted by atomic mass is 32.2. The van der Waals surface area contributed by atoms with E-state index in [0.717, 1.165) is 31.7 Å². The van der Waals surface area contributed by atoms with Gasteiger partial charge in [0.1, 0.15) is 0 Å². The Balaban J connectivity index is 1.83. The number of nitrogens with zero attached hydrogens (tertiary/aromatic N) is 2. The quantitative estimate of drug-likeness (QED) is 0.842. The van der Waals surface area contributed by atoms with Crippen LogP contribution in [0.15, 0.2) is 29.2 Å². The number of halogens is 2. The summed E-state index contributed by atoms with van der Waals surface area (Å²) in [5, 5.41) is 0. The molecule has 1 aromatic carbocycles. The van der Waals surface area contributed by atoms with Gasteiger partial charge in [0.25, 0.3) is 0 Å². The number of fused-ring (bicyclic) bond motifs is 1. The van der Waals surface area contributed by atoms with Crippen molar-refractivity contribution in [2.24, 2.45) is 0 Å². The third-order valence-electron chi connectivity index (χ3n) is 5.00. The minimum absolute atomic E-state index is 0.316. The van der Waals surface area contributed by atoms with E-state index in [9.17, 15) is 17.2 Å². The fourth-order valence-electron chi connectivity index (χ4n) is 3.68. The number of alkyl halides is 2. The van der Waals surface area contributed by atoms with Crippen LogP contribution in [-0.2, 0) is 9.84 Å². The summed E-state index contributed by atoms with van der Waals surface area (Å²) in [4.78, 5) is 4.51. The van der Waals surface area contributed by atoms with E-state index in [2.05, 4.69) is 16.7 Å². The second-order valence-electron chi connectivity index (χ2n) is 6.30. The first-order valence-corrected chi connectivity index (χ1v) is 9.61. The van der Waals surface area contributed by atoms with Gasteiger partial charge in [0.2, 0.25) is 9.84 Å². The third-order valence-corrected chi connectivity index (χ3v) is 6.39. The summed E-state index contributed by atoms with van der Waals surface area (Å²) in [7, 11) is -4.52. The van der Waals surface area contributed by atoms with Crippen molar-refractivity contribution >= 4 is 15.5 Å². The highest BCUT2D eigenvalue weighted by Gasteiger charge is 2.35. The molecule has 0 aromatic heterocycles. The summed E-state index contributed by atoms with van der Waals surface area (Å²) < 4.78 is 48.3. The molecular weight excluding hydrogens is 322 g/mol. The van der Waals surface area contributed by atoms with Gasteiger partial charge in [0.05, 0.1) is 4.90 Å². The number of hydrogen-bond acceptors (Lipinski definition) is 4. The van der Waals surface area contributed by atoms with Crippen molar-refractivity contribution in [3.8, 4) is 0 Å². The van der Waals surface area contributed by atoms with Crippen LogP contribution < -0.4 is 4.90 Å². The van der Waals surface area contributed by atoms with Crippen LogP contribution >= 0.6 is 0 Å². The molecule has 23 heavy (non-hydrogen) atoms. The molecule has 4 nitrogen and oxygen atoms in total. The topological polar surface area (TPSA) is 40.6 Å². The van der Waals surface area contributed by atoms with Gasteiger partial charge in [-0.1, -0.05) is 6.92 Å². The Morgan fingerprint density at radius 2 is 1.91 bits per heavy atom. The van der Waals surface area contributed by atoms with Gasteiger partial charge in [-0.3, -0.25) is 4.90 Å². The predicted molar refractivity (Wildman–Crippen MR) is 85.7 cm³/mol. The second kappa shape index (κ2) is 6.36. The summed E-state index contributed by atoms with van der Waals surface area (Å²) in [6.07, 6.45) is 3.41. The van der Waals surface area contributed by atoms with Gasteiger partial charge in [0, 0.05) is 30.9 Å². The van der Waals surface area contributed by atoms with Crippen LogP contribution in [0.5, 0.6) is 0 Å². The van der Waals surface area contributed by atoms with Crippen LogP contribution in [0.3, 0.4) is 0 Å². The predicted octanol–water partition coefficient (Wildman–Crippen LogP) is 2.75. The van der Waals surface area contributed by atoms with Gasteiger partial charge in [-0.2, -0.15) is 8.78 Å². The highest BCUT2D eigenvalue weighted by molar-refractivity contribution is 7.91. The SMILES string of the molecule is CCC1CN2CCCC2CN1c1ccc(S(=O)(=O)C(F)F)cc1. The molecule has 2 saturated heterocycles. The molecule has 7 heteroatoms. The summed E-state index contributed by atoms with van der Waals surface area (Å²) in [5.74, 6) is -3.38. The Bertz CT molecular complexity index is 649. The van der Waals surface area contributed by atoms with Gasteiger partial charge in [-0.15, -0.1) is 0 Å². The maximum absolute atomic E-state index is 12.6. The molecule has 2 unspecified atom stereocenters. The van der Waals surface area contributed by atoms with Crippen LogP contribution in [0.2, 0.25) is 0 Å². The van der Waals surface area contributed by atoms with E-state index < -0.39 is 15.6 Å². The molecule has 0 radical (unpaired) electrons. The molecule has 128 valence electrons. The summed E-state index contributed by atoms with van der Waals surface area (Å²) in [6.45, 7) is 5.22. The van der Waals surface area contributed by atoms with Gasteiger partial charge < -0.3 is 4.90 Å². The molecule has 0 amide bonds. The molecule has 3 rings (SSSR count). The van der Waals surface area contributed by atoms with Gasteiger partial charge in [-0.05, 0) is 50.1 Å². The molecule has 0 bridgehead atoms. The fraction of sp³-hybridized carbons (Fsp3) is 0.625. The Labute approximate surface area is 136 Å². The van der Waals surface area contributed by atoms with E-state index >= 15 is 0 Å². The molecule has 2 fully saturated rings. The zero-order valence-corrected chi connectivity index (χ0v) is 14.0. The van der Waals surface area contributed by atoms with E-state index in [1.807, 2.05) is 0 Å². The Morgan fingerprint density at radius 3 is 2.52 bits per heavy atom. The molecule has 0 saturated carbocycles. The molecule has 1 aromatic rings. The molecular formula is C16H22F2N2O2S. The Kier molecular flexibility index (Phi) is 4.60. The van der Waals surface area contributed by atoms with Crippen molar-refractivity contribution in [3.63, 3.8) is 0 Å². The number of piperazine rings is 1. The molecule has 0 spiro atoms. The maximum Gasteiger partial charge on any atom is 0.341 e. The zero-order chi connectivity index (χ0) is 16.6. The number of rotatable bonds is 4. The first-order valence-electron chi connectivity index (χ1n) is 8.06. The van der Waals surface area contributed by atoms with Crippen molar-refractivity contribution in [3.05, 3.63) is 24.3 Å². The molecule has 2 aliphatic heterocycles. The van der Waals surface area contributed by atoms with Crippen molar-refractivity contribution in [2.75, 3.05) is 24.5 Å². The second-order valence-corrected chi connectivity index (χ2v) is 8.22. The summed E-state index contributed by atoms with van der Waals surface area (Å²) in [5.41, 5.74) is 0.914. The van der Waals surface area contributed by atoms with Crippen molar-refractivity contribution in [2.45, 2.75) is 48.9 Å². The van der Waals surface area contributed by atoms with Crippen LogP contribution in [0.1, 0.15) is 26.2 Å². The third kappa shape index (κ3) is 3.08. The van der Waals surface area contributed by atoms with Crippen molar-refractivity contribution < 1.29 is 17.2 Å². The summed E-state index contributed by atoms with van der Waals surface area (Å²) >= 11 is 0. The van der Waals surface area contributed by atoms with E-state index in [1.54, 1.807) is 12.1 Å². The molecule has 2 heterocycles. The number of sulfone groups is 1. The van der Waals surface area contributed by atoms with Crippen LogP contribution in [0.4, 0.5) is 14.5 Å². The van der Waals surface area contributed by atoms with Gasteiger partial charge in [0.15, 0.2) is 0 Å². The molecule has 0 aliphatic carbocycles. The Hall–Kier alpha value is -1.21. The lowest BCUT2D eigenvalue weighted by molar-refractivity contribution is 0.194. The minimum Gasteiger partial charge on any atom is -0.366 e. The average Bonchev–Trinajstić information content (AvgIpc) is 3.00. The lowest BCUT2D eigenvalue weighted by Crippen LogP contribution is -2.56. The first-order chi connectivity index (χ1) is 10.9. The largest absolute Gasteiger partial charge is 0.366 e. The maximum atomic E-state index is 12.6. The van der Waals surface area contributed by atoms with Gasteiger partial charge in [-0.25, -0.2) is 8.42 Å².